The van der Waals surface area contributed by atoms with Crippen LogP contribution in [0.3, 0.4) is 0 Å². The maximum absolute atomic E-state index is 11.6. The lowest BCUT2D eigenvalue weighted by atomic mass is 9.92. The minimum absolute atomic E-state index is 0.171. The van der Waals surface area contributed by atoms with Gasteiger partial charge in [0.2, 0.25) is 0 Å². The molecule has 0 aromatic heterocycles. The van der Waals surface area contributed by atoms with Crippen LogP contribution in [0.25, 0.3) is 0 Å². The first-order chi connectivity index (χ1) is 8.11. The van der Waals surface area contributed by atoms with Gasteiger partial charge < -0.3 is 4.74 Å². The van der Waals surface area contributed by atoms with E-state index in [1.54, 1.807) is 6.08 Å². The van der Waals surface area contributed by atoms with Crippen LogP contribution in [0.5, 0.6) is 0 Å². The van der Waals surface area contributed by atoms with Crippen LogP contribution in [0.1, 0.15) is 12.5 Å². The lowest BCUT2D eigenvalue weighted by molar-refractivity contribution is -0.149. The summed E-state index contributed by atoms with van der Waals surface area (Å²) in [5, 5.41) is 0. The molecule has 0 heterocycles. The molecular weight excluding hydrogens is 216 g/mol. The molecule has 3 nitrogen and oxygen atoms in total. The molecule has 0 saturated heterocycles. The van der Waals surface area contributed by atoms with Crippen molar-refractivity contribution in [3.8, 4) is 0 Å². The van der Waals surface area contributed by atoms with Crippen LogP contribution < -0.4 is 0 Å². The molecule has 0 amide bonds. The Bertz CT molecular complexity index is 487. The zero-order valence-corrected chi connectivity index (χ0v) is 9.90. The summed E-state index contributed by atoms with van der Waals surface area (Å²) in [7, 11) is 1.30. The highest BCUT2D eigenvalue weighted by molar-refractivity contribution is 6.13. The highest BCUT2D eigenvalue weighted by atomic mass is 16.5. The summed E-state index contributed by atoms with van der Waals surface area (Å²) >= 11 is 0. The van der Waals surface area contributed by atoms with Crippen molar-refractivity contribution in [2.24, 2.45) is 5.41 Å². The summed E-state index contributed by atoms with van der Waals surface area (Å²) in [5.74, 6) is -0.647. The van der Waals surface area contributed by atoms with E-state index in [1.165, 1.54) is 14.0 Å². The predicted molar refractivity (Wildman–Crippen MR) is 63.4 cm³/mol. The molecule has 88 valence electrons. The normalized spacial score (nSPS) is 21.6. The fraction of sp³-hybridized carbons (Fsp3) is 0.286. The summed E-state index contributed by atoms with van der Waals surface area (Å²) < 4.78 is 4.69. The molecule has 1 aromatic carbocycles. The van der Waals surface area contributed by atoms with E-state index in [0.717, 1.165) is 11.1 Å². The van der Waals surface area contributed by atoms with E-state index < -0.39 is 11.4 Å². The van der Waals surface area contributed by atoms with Crippen LogP contribution in [0.4, 0.5) is 0 Å². The van der Waals surface area contributed by atoms with E-state index >= 15 is 0 Å². The molecule has 0 spiro atoms. The molecule has 0 bridgehead atoms. The largest absolute Gasteiger partial charge is 0.468 e. The van der Waals surface area contributed by atoms with Crippen molar-refractivity contribution in [1.29, 1.82) is 0 Å². The smallest absolute Gasteiger partial charge is 0.327 e. The number of ether oxygens (including phenoxy) is 1. The number of methoxy groups -OCH3 is 1. The van der Waals surface area contributed by atoms with E-state index in [1.807, 2.05) is 30.3 Å². The number of carbonyl (C=O) groups is 2. The molecule has 1 aromatic rings. The maximum atomic E-state index is 11.6. The third kappa shape index (κ3) is 1.88. The van der Waals surface area contributed by atoms with Crippen molar-refractivity contribution in [1.82, 2.24) is 0 Å². The zero-order valence-electron chi connectivity index (χ0n) is 9.90. The average Bonchev–Trinajstić information content (AvgIpc) is 3.05. The predicted octanol–water partition coefficient (Wildman–Crippen LogP) is 1.92. The quantitative estimate of drug-likeness (QED) is 0.451. The van der Waals surface area contributed by atoms with Gasteiger partial charge in [-0.15, -0.1) is 0 Å². The van der Waals surface area contributed by atoms with Gasteiger partial charge >= 0.3 is 5.97 Å². The maximum Gasteiger partial charge on any atom is 0.327 e. The minimum atomic E-state index is -1.08. The lowest BCUT2D eigenvalue weighted by Crippen LogP contribution is -2.28. The Morgan fingerprint density at radius 1 is 1.24 bits per heavy atom. The van der Waals surface area contributed by atoms with Gasteiger partial charge in [0.1, 0.15) is 0 Å². The fourth-order valence-electron chi connectivity index (χ4n) is 2.05. The Kier molecular flexibility index (Phi) is 2.84. The molecule has 0 fully saturated rings. The molecule has 0 aliphatic heterocycles. The number of hydrogen-bond donors (Lipinski definition) is 0. The van der Waals surface area contributed by atoms with E-state index in [9.17, 15) is 9.59 Å². The van der Waals surface area contributed by atoms with Gasteiger partial charge in [-0.05, 0) is 24.5 Å². The average molecular weight is 230 g/mol. The molecule has 1 aliphatic rings. The molecule has 1 unspecified atom stereocenters. The van der Waals surface area contributed by atoms with Crippen LogP contribution in [-0.2, 0) is 20.7 Å². The van der Waals surface area contributed by atoms with Crippen molar-refractivity contribution in [2.75, 3.05) is 7.11 Å². The Morgan fingerprint density at radius 2 is 1.88 bits per heavy atom. The molecule has 0 saturated carbocycles. The zero-order chi connectivity index (χ0) is 12.5. The van der Waals surface area contributed by atoms with E-state index in [2.05, 4.69) is 0 Å². The molecule has 0 N–H and O–H groups in total. The molecule has 0 radical (unpaired) electrons. The summed E-state index contributed by atoms with van der Waals surface area (Å²) in [4.78, 5) is 23.2. The molecular formula is C14H14O3. The van der Waals surface area contributed by atoms with Crippen LogP contribution in [0.2, 0.25) is 0 Å². The van der Waals surface area contributed by atoms with E-state index in [0.29, 0.717) is 6.42 Å². The Morgan fingerprint density at radius 3 is 2.41 bits per heavy atom. The Hall–Kier alpha value is -1.90. The van der Waals surface area contributed by atoms with Gasteiger partial charge in [-0.1, -0.05) is 36.4 Å². The van der Waals surface area contributed by atoms with Gasteiger partial charge in [0.25, 0.3) is 0 Å². The first-order valence-electron chi connectivity index (χ1n) is 5.47. The van der Waals surface area contributed by atoms with Crippen molar-refractivity contribution >= 4 is 11.8 Å². The molecule has 17 heavy (non-hydrogen) atoms. The summed E-state index contributed by atoms with van der Waals surface area (Å²) in [5.41, 5.74) is 0.846. The Balaban J connectivity index is 2.14. The number of carbonyl (C=O) groups excluding carboxylic acids is 2. The highest BCUT2D eigenvalue weighted by Gasteiger charge is 2.55. The SMILES string of the molecule is COC(=O)C1(C(C)=O)C=C1Cc1ccccc1. The van der Waals surface area contributed by atoms with Crippen LogP contribution in [0, 0.1) is 5.41 Å². The highest BCUT2D eigenvalue weighted by Crippen LogP contribution is 2.47. The third-order valence-corrected chi connectivity index (χ3v) is 3.11. The standard InChI is InChI=1S/C14H14O3/c1-10(15)14(13(16)17-2)9-12(14)8-11-6-4-3-5-7-11/h3-7,9H,8H2,1-2H3. The number of hydrogen-bond acceptors (Lipinski definition) is 3. The third-order valence-electron chi connectivity index (χ3n) is 3.11. The molecule has 2 rings (SSSR count). The number of Topliss-reactive ketones (excluding diaryl/α,β-unsaturated/α-hetero) is 1. The molecule has 1 aliphatic carbocycles. The van der Waals surface area contributed by atoms with Gasteiger partial charge in [-0.2, -0.15) is 0 Å². The first kappa shape index (κ1) is 11.6. The summed E-state index contributed by atoms with van der Waals surface area (Å²) in [6.07, 6.45) is 2.32. The fourth-order valence-corrected chi connectivity index (χ4v) is 2.05. The summed E-state index contributed by atoms with van der Waals surface area (Å²) in [6, 6.07) is 9.75. The lowest BCUT2D eigenvalue weighted by Gasteiger charge is -2.12. The van der Waals surface area contributed by atoms with Crippen LogP contribution >= 0.6 is 0 Å². The summed E-state index contributed by atoms with van der Waals surface area (Å²) in [6.45, 7) is 1.42. The minimum Gasteiger partial charge on any atom is -0.468 e. The van der Waals surface area contributed by atoms with Gasteiger partial charge in [0.05, 0.1) is 7.11 Å². The molecule has 3 heteroatoms. The second kappa shape index (κ2) is 4.17. The van der Waals surface area contributed by atoms with E-state index in [4.69, 9.17) is 4.74 Å². The van der Waals surface area contributed by atoms with Crippen LogP contribution in [-0.4, -0.2) is 18.9 Å². The van der Waals surface area contributed by atoms with Crippen molar-refractivity contribution in [3.63, 3.8) is 0 Å². The van der Waals surface area contributed by atoms with Gasteiger partial charge in [0.15, 0.2) is 11.2 Å². The monoisotopic (exact) mass is 230 g/mol. The first-order valence-corrected chi connectivity index (χ1v) is 5.47. The van der Waals surface area contributed by atoms with E-state index in [-0.39, 0.29) is 5.78 Å². The van der Waals surface area contributed by atoms with Crippen LogP contribution in [0.15, 0.2) is 42.0 Å². The molecule has 1 atom stereocenters. The second-order valence-electron chi connectivity index (χ2n) is 4.19. The van der Waals surface area contributed by atoms with Crippen molar-refractivity contribution in [3.05, 3.63) is 47.5 Å². The van der Waals surface area contributed by atoms with Crippen molar-refractivity contribution in [2.45, 2.75) is 13.3 Å². The number of benzene rings is 1. The van der Waals surface area contributed by atoms with Gasteiger partial charge in [-0.3, -0.25) is 9.59 Å². The number of ketones is 1. The Labute approximate surface area is 100 Å². The number of rotatable bonds is 4. The number of esters is 1. The second-order valence-corrected chi connectivity index (χ2v) is 4.19. The van der Waals surface area contributed by atoms with Crippen molar-refractivity contribution < 1.29 is 14.3 Å². The topological polar surface area (TPSA) is 43.4 Å². The van der Waals surface area contributed by atoms with Gasteiger partial charge in [-0.25, -0.2) is 0 Å². The van der Waals surface area contributed by atoms with Gasteiger partial charge in [0, 0.05) is 0 Å².